The largest absolute Gasteiger partial charge is 0.346 e. The predicted molar refractivity (Wildman–Crippen MR) is 73.5 cm³/mol. The molecular formula is C14H16F3N3O2. The van der Waals surface area contributed by atoms with Crippen molar-refractivity contribution in [1.82, 2.24) is 10.6 Å². The molecule has 2 rings (SSSR count). The fourth-order valence-electron chi connectivity index (χ4n) is 1.77. The van der Waals surface area contributed by atoms with E-state index < -0.39 is 29.0 Å². The molecule has 120 valence electrons. The Morgan fingerprint density at radius 2 is 1.77 bits per heavy atom. The molecule has 0 atom stereocenters. The van der Waals surface area contributed by atoms with Crippen LogP contribution in [0.15, 0.2) is 12.1 Å². The van der Waals surface area contributed by atoms with Crippen molar-refractivity contribution >= 4 is 17.5 Å². The predicted octanol–water partition coefficient (Wildman–Crippen LogP) is 1.16. The van der Waals surface area contributed by atoms with Crippen LogP contribution in [-0.4, -0.2) is 31.4 Å². The van der Waals surface area contributed by atoms with Crippen LogP contribution in [0.5, 0.6) is 0 Å². The summed E-state index contributed by atoms with van der Waals surface area (Å²) in [4.78, 5) is 23.0. The molecule has 0 saturated heterocycles. The standard InChI is InChI=1S/C14H16F3N3O2/c15-9-3-4-10(14(17)13(9)16)20-12(22)7-19-11(21)6-18-5-8-1-2-8/h3-4,8,18H,1-2,5-7H2,(H,19,21)(H,20,22). The van der Waals surface area contributed by atoms with Crippen LogP contribution in [0.4, 0.5) is 18.9 Å². The molecule has 0 spiro atoms. The Hall–Kier alpha value is -2.09. The van der Waals surface area contributed by atoms with Crippen molar-refractivity contribution in [3.8, 4) is 0 Å². The van der Waals surface area contributed by atoms with E-state index >= 15 is 0 Å². The van der Waals surface area contributed by atoms with Gasteiger partial charge < -0.3 is 16.0 Å². The van der Waals surface area contributed by atoms with Gasteiger partial charge >= 0.3 is 0 Å². The topological polar surface area (TPSA) is 70.2 Å². The lowest BCUT2D eigenvalue weighted by atomic mass is 10.2. The van der Waals surface area contributed by atoms with Crippen molar-refractivity contribution in [2.45, 2.75) is 12.8 Å². The second kappa shape index (κ2) is 7.26. The van der Waals surface area contributed by atoms with Gasteiger partial charge in [-0.1, -0.05) is 0 Å². The average Bonchev–Trinajstić information content (AvgIpc) is 3.30. The maximum atomic E-state index is 13.3. The third-order valence-electron chi connectivity index (χ3n) is 3.17. The fourth-order valence-corrected chi connectivity index (χ4v) is 1.77. The van der Waals surface area contributed by atoms with Gasteiger partial charge in [-0.3, -0.25) is 9.59 Å². The van der Waals surface area contributed by atoms with Gasteiger partial charge in [0.1, 0.15) is 0 Å². The minimum atomic E-state index is -1.66. The number of hydrogen-bond donors (Lipinski definition) is 3. The summed E-state index contributed by atoms with van der Waals surface area (Å²) in [7, 11) is 0. The third kappa shape index (κ3) is 4.73. The first-order valence-corrected chi connectivity index (χ1v) is 6.88. The molecule has 0 unspecified atom stereocenters. The van der Waals surface area contributed by atoms with Crippen molar-refractivity contribution in [3.63, 3.8) is 0 Å². The fraction of sp³-hybridized carbons (Fsp3) is 0.429. The lowest BCUT2D eigenvalue weighted by Gasteiger charge is -2.09. The zero-order valence-corrected chi connectivity index (χ0v) is 11.7. The van der Waals surface area contributed by atoms with Gasteiger partial charge in [-0.25, -0.2) is 13.2 Å². The van der Waals surface area contributed by atoms with Crippen molar-refractivity contribution in [2.24, 2.45) is 5.92 Å². The van der Waals surface area contributed by atoms with E-state index in [9.17, 15) is 22.8 Å². The number of rotatable bonds is 7. The summed E-state index contributed by atoms with van der Waals surface area (Å²) < 4.78 is 39.1. The highest BCUT2D eigenvalue weighted by Gasteiger charge is 2.20. The first-order chi connectivity index (χ1) is 10.5. The van der Waals surface area contributed by atoms with Crippen LogP contribution >= 0.6 is 0 Å². The number of carbonyl (C=O) groups is 2. The second-order valence-electron chi connectivity index (χ2n) is 5.12. The molecule has 2 amide bonds. The molecule has 1 fully saturated rings. The van der Waals surface area contributed by atoms with Crippen molar-refractivity contribution in [3.05, 3.63) is 29.6 Å². The van der Waals surface area contributed by atoms with Crippen LogP contribution in [0.3, 0.4) is 0 Å². The van der Waals surface area contributed by atoms with Gasteiger partial charge in [0.15, 0.2) is 17.5 Å². The smallest absolute Gasteiger partial charge is 0.243 e. The summed E-state index contributed by atoms with van der Waals surface area (Å²) in [5.41, 5.74) is -0.481. The minimum Gasteiger partial charge on any atom is -0.346 e. The summed E-state index contributed by atoms with van der Waals surface area (Å²) in [6.45, 7) is 0.464. The molecule has 0 aliphatic heterocycles. The van der Waals surface area contributed by atoms with Crippen LogP contribution in [0.2, 0.25) is 0 Å². The Labute approximate surface area is 125 Å². The molecule has 3 N–H and O–H groups in total. The van der Waals surface area contributed by atoms with E-state index in [1.165, 1.54) is 0 Å². The average molecular weight is 315 g/mol. The van der Waals surface area contributed by atoms with Gasteiger partial charge in [0.05, 0.1) is 18.8 Å². The summed E-state index contributed by atoms with van der Waals surface area (Å²) in [5.74, 6) is -4.96. The number of benzene rings is 1. The molecule has 1 saturated carbocycles. The van der Waals surface area contributed by atoms with E-state index in [1.807, 2.05) is 0 Å². The van der Waals surface area contributed by atoms with E-state index in [-0.39, 0.29) is 19.0 Å². The zero-order chi connectivity index (χ0) is 16.1. The first kappa shape index (κ1) is 16.3. The molecule has 0 heterocycles. The Bertz CT molecular complexity index is 577. The highest BCUT2D eigenvalue weighted by molar-refractivity contribution is 5.94. The monoisotopic (exact) mass is 315 g/mol. The quantitative estimate of drug-likeness (QED) is 0.661. The second-order valence-corrected chi connectivity index (χ2v) is 5.12. The normalized spacial score (nSPS) is 13.8. The number of carbonyl (C=O) groups excluding carboxylic acids is 2. The van der Waals surface area contributed by atoms with Crippen LogP contribution in [-0.2, 0) is 9.59 Å². The van der Waals surface area contributed by atoms with Gasteiger partial charge in [-0.2, -0.15) is 0 Å². The molecule has 1 aliphatic carbocycles. The highest BCUT2D eigenvalue weighted by Crippen LogP contribution is 2.27. The van der Waals surface area contributed by atoms with E-state index in [1.54, 1.807) is 0 Å². The first-order valence-electron chi connectivity index (χ1n) is 6.88. The highest BCUT2D eigenvalue weighted by atomic mass is 19.2. The molecule has 1 aromatic carbocycles. The van der Waals surface area contributed by atoms with Gasteiger partial charge in [-0.05, 0) is 37.4 Å². The number of anilines is 1. The van der Waals surface area contributed by atoms with Crippen LogP contribution in [0.1, 0.15) is 12.8 Å². The number of halogens is 3. The van der Waals surface area contributed by atoms with Crippen molar-refractivity contribution in [2.75, 3.05) is 25.0 Å². The van der Waals surface area contributed by atoms with Gasteiger partial charge in [-0.15, -0.1) is 0 Å². The van der Waals surface area contributed by atoms with Gasteiger partial charge in [0.25, 0.3) is 0 Å². The van der Waals surface area contributed by atoms with E-state index in [0.29, 0.717) is 12.0 Å². The summed E-state index contributed by atoms with van der Waals surface area (Å²) in [6.07, 6.45) is 2.33. The van der Waals surface area contributed by atoms with E-state index in [0.717, 1.165) is 25.5 Å². The lowest BCUT2D eigenvalue weighted by molar-refractivity contribution is -0.123. The van der Waals surface area contributed by atoms with Crippen molar-refractivity contribution in [1.29, 1.82) is 0 Å². The molecule has 8 heteroatoms. The molecule has 1 aromatic rings. The SMILES string of the molecule is O=C(CNCC1CC1)NCC(=O)Nc1ccc(F)c(F)c1F. The van der Waals surface area contributed by atoms with Crippen LogP contribution in [0.25, 0.3) is 0 Å². The summed E-state index contributed by atoms with van der Waals surface area (Å²) in [6, 6.07) is 1.61. The lowest BCUT2D eigenvalue weighted by Crippen LogP contribution is -2.39. The Morgan fingerprint density at radius 3 is 2.45 bits per heavy atom. The van der Waals surface area contributed by atoms with Crippen LogP contribution < -0.4 is 16.0 Å². The van der Waals surface area contributed by atoms with Gasteiger partial charge in [0, 0.05) is 0 Å². The Balaban J connectivity index is 1.73. The summed E-state index contributed by atoms with van der Waals surface area (Å²) in [5, 5.41) is 7.35. The number of nitrogens with one attached hydrogen (secondary N) is 3. The maximum Gasteiger partial charge on any atom is 0.243 e. The molecule has 0 bridgehead atoms. The third-order valence-corrected chi connectivity index (χ3v) is 3.17. The summed E-state index contributed by atoms with van der Waals surface area (Å²) >= 11 is 0. The maximum absolute atomic E-state index is 13.3. The molecule has 1 aliphatic rings. The molecule has 0 radical (unpaired) electrons. The van der Waals surface area contributed by atoms with Crippen LogP contribution in [0, 0.1) is 23.4 Å². The van der Waals surface area contributed by atoms with Gasteiger partial charge in [0.2, 0.25) is 11.8 Å². The molecule has 5 nitrogen and oxygen atoms in total. The van der Waals surface area contributed by atoms with Crippen molar-refractivity contribution < 1.29 is 22.8 Å². The number of amides is 2. The Kier molecular flexibility index (Phi) is 5.37. The van der Waals surface area contributed by atoms with E-state index in [4.69, 9.17) is 0 Å². The minimum absolute atomic E-state index is 0.0866. The number of hydrogen-bond acceptors (Lipinski definition) is 3. The molecule has 0 aromatic heterocycles. The molecular weight excluding hydrogens is 299 g/mol. The molecule has 22 heavy (non-hydrogen) atoms. The van der Waals surface area contributed by atoms with E-state index in [2.05, 4.69) is 16.0 Å². The Morgan fingerprint density at radius 1 is 1.05 bits per heavy atom. The zero-order valence-electron chi connectivity index (χ0n) is 11.7.